The highest BCUT2D eigenvalue weighted by Crippen LogP contribution is 2.20. The number of thioether (sulfide) groups is 1. The quantitative estimate of drug-likeness (QED) is 0.722. The number of hydrogen-bond donors (Lipinski definition) is 2. The number of nitrogens with zero attached hydrogens (tertiary/aromatic N) is 1. The fraction of sp³-hybridized carbons (Fsp3) is 0.800. The smallest absolute Gasteiger partial charge is 0.326 e. The number of piperidine rings is 1. The SMILES string of the molecule is O=C(O)[C@H]1CCCCN1C(=O)C1CSCN1. The van der Waals surface area contributed by atoms with Crippen LogP contribution in [0.25, 0.3) is 0 Å². The Hall–Kier alpha value is -0.750. The second kappa shape index (κ2) is 5.05. The number of likely N-dealkylation sites (tertiary alicyclic amines) is 1. The minimum atomic E-state index is -0.876. The van der Waals surface area contributed by atoms with E-state index in [1.807, 2.05) is 0 Å². The van der Waals surface area contributed by atoms with Gasteiger partial charge in [-0.3, -0.25) is 10.1 Å². The lowest BCUT2D eigenvalue weighted by Gasteiger charge is -2.34. The number of nitrogens with one attached hydrogen (secondary N) is 1. The van der Waals surface area contributed by atoms with Crippen LogP contribution < -0.4 is 5.32 Å². The standard InChI is InChI=1S/C10H16N2O3S/c13-9(7-5-16-6-11-7)12-4-2-1-3-8(12)10(14)15/h7-8,11H,1-6H2,(H,14,15)/t7?,8-/m1/s1. The summed E-state index contributed by atoms with van der Waals surface area (Å²) in [6, 6.07) is -0.807. The molecule has 2 fully saturated rings. The van der Waals surface area contributed by atoms with Crippen molar-refractivity contribution in [3.63, 3.8) is 0 Å². The molecule has 0 saturated carbocycles. The lowest BCUT2D eigenvalue weighted by molar-refractivity contribution is -0.152. The van der Waals surface area contributed by atoms with Crippen LogP contribution >= 0.6 is 11.8 Å². The van der Waals surface area contributed by atoms with E-state index in [-0.39, 0.29) is 11.9 Å². The lowest BCUT2D eigenvalue weighted by Crippen LogP contribution is -2.54. The van der Waals surface area contributed by atoms with E-state index in [0.29, 0.717) is 13.0 Å². The van der Waals surface area contributed by atoms with E-state index in [1.165, 1.54) is 4.90 Å². The van der Waals surface area contributed by atoms with Gasteiger partial charge in [0.1, 0.15) is 6.04 Å². The number of aliphatic carboxylic acids is 1. The number of carboxylic acid groups (broad SMARTS) is 1. The van der Waals surface area contributed by atoms with Crippen LogP contribution in [0, 0.1) is 0 Å². The van der Waals surface area contributed by atoms with Gasteiger partial charge in [-0.15, -0.1) is 11.8 Å². The Balaban J connectivity index is 2.04. The Labute approximate surface area is 98.6 Å². The highest BCUT2D eigenvalue weighted by atomic mass is 32.2. The molecular formula is C10H16N2O3S. The Morgan fingerprint density at radius 3 is 2.81 bits per heavy atom. The molecule has 16 heavy (non-hydrogen) atoms. The molecule has 6 heteroatoms. The van der Waals surface area contributed by atoms with Crippen molar-refractivity contribution in [2.75, 3.05) is 18.2 Å². The molecule has 0 aromatic carbocycles. The Kier molecular flexibility index (Phi) is 3.70. The van der Waals surface area contributed by atoms with Crippen molar-refractivity contribution in [3.8, 4) is 0 Å². The molecule has 0 aliphatic carbocycles. The van der Waals surface area contributed by atoms with Gasteiger partial charge < -0.3 is 10.0 Å². The van der Waals surface area contributed by atoms with Gasteiger partial charge in [0.05, 0.1) is 6.04 Å². The summed E-state index contributed by atoms with van der Waals surface area (Å²) in [6.45, 7) is 0.582. The number of amides is 1. The molecule has 1 amide bonds. The van der Waals surface area contributed by atoms with Crippen LogP contribution in [-0.4, -0.2) is 52.1 Å². The fourth-order valence-electron chi connectivity index (χ4n) is 2.21. The monoisotopic (exact) mass is 244 g/mol. The average Bonchev–Trinajstić information content (AvgIpc) is 2.81. The van der Waals surface area contributed by atoms with Crippen LogP contribution in [-0.2, 0) is 9.59 Å². The largest absolute Gasteiger partial charge is 0.480 e. The average molecular weight is 244 g/mol. The second-order valence-electron chi connectivity index (χ2n) is 4.15. The van der Waals surface area contributed by atoms with Gasteiger partial charge in [-0.05, 0) is 19.3 Å². The van der Waals surface area contributed by atoms with E-state index in [1.54, 1.807) is 11.8 Å². The third kappa shape index (κ3) is 2.32. The van der Waals surface area contributed by atoms with Crippen molar-refractivity contribution < 1.29 is 14.7 Å². The normalized spacial score (nSPS) is 30.4. The van der Waals surface area contributed by atoms with Crippen LogP contribution in [0.4, 0.5) is 0 Å². The molecule has 2 atom stereocenters. The molecule has 2 rings (SSSR count). The molecule has 5 nitrogen and oxygen atoms in total. The summed E-state index contributed by atoms with van der Waals surface area (Å²) in [5, 5.41) is 12.2. The third-order valence-corrected chi connectivity index (χ3v) is 4.03. The van der Waals surface area contributed by atoms with Crippen molar-refractivity contribution in [1.29, 1.82) is 0 Å². The molecule has 0 spiro atoms. The summed E-state index contributed by atoms with van der Waals surface area (Å²) in [5.41, 5.74) is 0. The van der Waals surface area contributed by atoms with E-state index in [2.05, 4.69) is 5.32 Å². The third-order valence-electron chi connectivity index (χ3n) is 3.09. The van der Waals surface area contributed by atoms with Gasteiger partial charge in [0, 0.05) is 18.2 Å². The fourth-order valence-corrected chi connectivity index (χ4v) is 3.14. The van der Waals surface area contributed by atoms with E-state index in [9.17, 15) is 9.59 Å². The maximum Gasteiger partial charge on any atom is 0.326 e. The van der Waals surface area contributed by atoms with Crippen molar-refractivity contribution in [2.24, 2.45) is 0 Å². The van der Waals surface area contributed by atoms with E-state index in [0.717, 1.165) is 24.5 Å². The first-order valence-electron chi connectivity index (χ1n) is 5.54. The molecule has 1 unspecified atom stereocenters. The topological polar surface area (TPSA) is 69.6 Å². The summed E-state index contributed by atoms with van der Waals surface area (Å²) >= 11 is 1.68. The van der Waals surface area contributed by atoms with Crippen molar-refractivity contribution in [3.05, 3.63) is 0 Å². The van der Waals surface area contributed by atoms with Crippen molar-refractivity contribution in [2.45, 2.75) is 31.3 Å². The summed E-state index contributed by atoms with van der Waals surface area (Å²) in [6.07, 6.45) is 2.39. The predicted molar refractivity (Wildman–Crippen MR) is 61.2 cm³/mol. The van der Waals surface area contributed by atoms with E-state index < -0.39 is 12.0 Å². The van der Waals surface area contributed by atoms with Crippen LogP contribution in [0.1, 0.15) is 19.3 Å². The number of rotatable bonds is 2. The number of hydrogen-bond acceptors (Lipinski definition) is 4. The van der Waals surface area contributed by atoms with Crippen LogP contribution in [0.5, 0.6) is 0 Å². The zero-order valence-electron chi connectivity index (χ0n) is 9.02. The molecule has 2 N–H and O–H groups in total. The van der Waals surface area contributed by atoms with Crippen LogP contribution in [0.2, 0.25) is 0 Å². The Bertz CT molecular complexity index is 292. The minimum Gasteiger partial charge on any atom is -0.480 e. The molecular weight excluding hydrogens is 228 g/mol. The van der Waals surface area contributed by atoms with Gasteiger partial charge in [-0.2, -0.15) is 0 Å². The van der Waals surface area contributed by atoms with Gasteiger partial charge >= 0.3 is 5.97 Å². The first kappa shape index (κ1) is 11.7. The molecule has 0 radical (unpaired) electrons. The van der Waals surface area contributed by atoms with E-state index in [4.69, 9.17) is 5.11 Å². The predicted octanol–water partition coefficient (Wildman–Crippen LogP) is 0.115. The molecule has 2 saturated heterocycles. The summed E-state index contributed by atoms with van der Waals surface area (Å²) in [7, 11) is 0. The number of carbonyl (C=O) groups excluding carboxylic acids is 1. The maximum absolute atomic E-state index is 12.1. The zero-order chi connectivity index (χ0) is 11.5. The lowest BCUT2D eigenvalue weighted by atomic mass is 10.0. The summed E-state index contributed by atoms with van der Waals surface area (Å²) in [5.74, 6) is 0.611. The minimum absolute atomic E-state index is 0.0444. The zero-order valence-corrected chi connectivity index (χ0v) is 9.83. The van der Waals surface area contributed by atoms with Crippen LogP contribution in [0.3, 0.4) is 0 Å². The van der Waals surface area contributed by atoms with Gasteiger partial charge in [-0.25, -0.2) is 4.79 Å². The molecule has 0 aromatic rings. The first-order chi connectivity index (χ1) is 7.70. The molecule has 90 valence electrons. The Morgan fingerprint density at radius 2 is 2.19 bits per heavy atom. The number of carbonyl (C=O) groups is 2. The van der Waals surface area contributed by atoms with Gasteiger partial charge in [0.2, 0.25) is 5.91 Å². The van der Waals surface area contributed by atoms with Crippen molar-refractivity contribution in [1.82, 2.24) is 10.2 Å². The van der Waals surface area contributed by atoms with Crippen molar-refractivity contribution >= 4 is 23.6 Å². The molecule has 0 aromatic heterocycles. The number of carboxylic acids is 1. The van der Waals surface area contributed by atoms with Gasteiger partial charge in [0.25, 0.3) is 0 Å². The second-order valence-corrected chi connectivity index (χ2v) is 5.18. The summed E-state index contributed by atoms with van der Waals surface area (Å²) < 4.78 is 0. The highest BCUT2D eigenvalue weighted by molar-refractivity contribution is 7.99. The summed E-state index contributed by atoms with van der Waals surface area (Å²) in [4.78, 5) is 24.7. The van der Waals surface area contributed by atoms with Gasteiger partial charge in [-0.1, -0.05) is 0 Å². The first-order valence-corrected chi connectivity index (χ1v) is 6.70. The molecule has 2 aliphatic rings. The van der Waals surface area contributed by atoms with Gasteiger partial charge in [0.15, 0.2) is 0 Å². The molecule has 2 aliphatic heterocycles. The van der Waals surface area contributed by atoms with E-state index >= 15 is 0 Å². The molecule has 2 heterocycles. The maximum atomic E-state index is 12.1. The van der Waals surface area contributed by atoms with Crippen LogP contribution in [0.15, 0.2) is 0 Å². The molecule has 0 bridgehead atoms. The highest BCUT2D eigenvalue weighted by Gasteiger charge is 2.36. The Morgan fingerprint density at radius 1 is 1.38 bits per heavy atom.